The van der Waals surface area contributed by atoms with Crippen molar-refractivity contribution in [1.29, 1.82) is 0 Å². The summed E-state index contributed by atoms with van der Waals surface area (Å²) in [5.74, 6) is -0.403. The SMILES string of the molecule is O=C(Nc1ccc2c(c1)CN(S(=O)(=O)c1ccccc1)CC2)c1ccc([N+](=O)[O-])cc1. The number of sulfonamides is 1. The van der Waals surface area contributed by atoms with E-state index in [9.17, 15) is 23.3 Å². The molecule has 0 spiro atoms. The number of carbonyl (C=O) groups excluding carboxylic acids is 1. The molecule has 0 aliphatic carbocycles. The molecule has 4 rings (SSSR count). The minimum Gasteiger partial charge on any atom is -0.322 e. The average Bonchev–Trinajstić information content (AvgIpc) is 2.79. The van der Waals surface area contributed by atoms with Crippen molar-refractivity contribution in [3.05, 3.63) is 99.6 Å². The number of hydrogen-bond donors (Lipinski definition) is 1. The van der Waals surface area contributed by atoms with Gasteiger partial charge in [0.1, 0.15) is 0 Å². The first-order chi connectivity index (χ1) is 14.8. The zero-order valence-corrected chi connectivity index (χ0v) is 17.2. The smallest absolute Gasteiger partial charge is 0.269 e. The van der Waals surface area contributed by atoms with Gasteiger partial charge >= 0.3 is 0 Å². The van der Waals surface area contributed by atoms with Gasteiger partial charge in [-0.3, -0.25) is 14.9 Å². The number of nitrogens with zero attached hydrogens (tertiary/aromatic N) is 2. The van der Waals surface area contributed by atoms with E-state index in [1.165, 1.54) is 28.6 Å². The molecule has 3 aromatic rings. The highest BCUT2D eigenvalue weighted by atomic mass is 32.2. The van der Waals surface area contributed by atoms with Gasteiger partial charge in [0, 0.05) is 36.5 Å². The van der Waals surface area contributed by atoms with Gasteiger partial charge in [0.05, 0.1) is 9.82 Å². The summed E-state index contributed by atoms with van der Waals surface area (Å²) in [6.07, 6.45) is 0.581. The van der Waals surface area contributed by atoms with E-state index in [4.69, 9.17) is 0 Å². The number of nitrogens with one attached hydrogen (secondary N) is 1. The van der Waals surface area contributed by atoms with Crippen LogP contribution < -0.4 is 5.32 Å². The first-order valence-electron chi connectivity index (χ1n) is 9.57. The number of nitro benzene ring substituents is 1. The summed E-state index contributed by atoms with van der Waals surface area (Å²) >= 11 is 0. The zero-order chi connectivity index (χ0) is 22.0. The van der Waals surface area contributed by atoms with Crippen molar-refractivity contribution in [2.45, 2.75) is 17.9 Å². The zero-order valence-electron chi connectivity index (χ0n) is 16.4. The fourth-order valence-corrected chi connectivity index (χ4v) is 4.93. The number of hydrogen-bond acceptors (Lipinski definition) is 5. The summed E-state index contributed by atoms with van der Waals surface area (Å²) in [6.45, 7) is 0.604. The Morgan fingerprint density at radius 3 is 2.35 bits per heavy atom. The number of carbonyl (C=O) groups is 1. The van der Waals surface area contributed by atoms with Crippen molar-refractivity contribution in [1.82, 2.24) is 4.31 Å². The molecule has 31 heavy (non-hydrogen) atoms. The van der Waals surface area contributed by atoms with Gasteiger partial charge in [0.15, 0.2) is 0 Å². The van der Waals surface area contributed by atoms with Crippen molar-refractivity contribution >= 4 is 27.3 Å². The highest BCUT2D eigenvalue weighted by molar-refractivity contribution is 7.89. The third kappa shape index (κ3) is 4.32. The van der Waals surface area contributed by atoms with Crippen molar-refractivity contribution in [2.75, 3.05) is 11.9 Å². The molecule has 0 bridgehead atoms. The lowest BCUT2D eigenvalue weighted by Gasteiger charge is -2.28. The fraction of sp³-hybridized carbons (Fsp3) is 0.136. The van der Waals surface area contributed by atoms with Gasteiger partial charge in [0.25, 0.3) is 11.6 Å². The van der Waals surface area contributed by atoms with Crippen LogP contribution >= 0.6 is 0 Å². The average molecular weight is 437 g/mol. The summed E-state index contributed by atoms with van der Waals surface area (Å²) in [6, 6.07) is 19.0. The van der Waals surface area contributed by atoms with Crippen LogP contribution in [0.15, 0.2) is 77.7 Å². The maximum absolute atomic E-state index is 12.9. The van der Waals surface area contributed by atoms with Gasteiger partial charge in [-0.25, -0.2) is 8.42 Å². The van der Waals surface area contributed by atoms with E-state index in [1.807, 2.05) is 6.07 Å². The Morgan fingerprint density at radius 1 is 0.968 bits per heavy atom. The Morgan fingerprint density at radius 2 is 1.68 bits per heavy atom. The third-order valence-corrected chi connectivity index (χ3v) is 7.02. The van der Waals surface area contributed by atoms with Crippen LogP contribution in [0.1, 0.15) is 21.5 Å². The molecule has 1 aliphatic rings. The normalized spacial score (nSPS) is 13.9. The quantitative estimate of drug-likeness (QED) is 0.485. The van der Waals surface area contributed by atoms with Gasteiger partial charge in [-0.2, -0.15) is 4.31 Å². The van der Waals surface area contributed by atoms with Crippen LogP contribution in [-0.4, -0.2) is 30.1 Å². The highest BCUT2D eigenvalue weighted by Gasteiger charge is 2.28. The van der Waals surface area contributed by atoms with E-state index in [-0.39, 0.29) is 22.7 Å². The molecule has 0 atom stereocenters. The predicted molar refractivity (Wildman–Crippen MR) is 115 cm³/mol. The van der Waals surface area contributed by atoms with E-state index < -0.39 is 20.9 Å². The van der Waals surface area contributed by atoms with E-state index in [2.05, 4.69) is 5.32 Å². The van der Waals surface area contributed by atoms with E-state index >= 15 is 0 Å². The number of benzene rings is 3. The second-order valence-corrected chi connectivity index (χ2v) is 9.08. The molecule has 0 fully saturated rings. The van der Waals surface area contributed by atoms with Gasteiger partial charge in [0.2, 0.25) is 10.0 Å². The molecule has 0 aromatic heterocycles. The minimum absolute atomic E-state index is 0.0925. The molecule has 1 N–H and O–H groups in total. The van der Waals surface area contributed by atoms with Crippen LogP contribution in [0.25, 0.3) is 0 Å². The molecule has 3 aromatic carbocycles. The Balaban J connectivity index is 1.52. The minimum atomic E-state index is -3.60. The van der Waals surface area contributed by atoms with Gasteiger partial charge in [-0.1, -0.05) is 24.3 Å². The first kappa shape index (κ1) is 20.7. The van der Waals surface area contributed by atoms with Gasteiger partial charge in [-0.15, -0.1) is 0 Å². The molecule has 1 amide bonds. The molecule has 0 saturated carbocycles. The summed E-state index contributed by atoms with van der Waals surface area (Å²) in [4.78, 5) is 23.0. The standard InChI is InChI=1S/C22H19N3O5S/c26-22(17-7-10-20(11-8-17)25(27)28)23-19-9-6-16-12-13-24(15-18(16)14-19)31(29,30)21-4-2-1-3-5-21/h1-11,14H,12-13,15H2,(H,23,26). The number of amides is 1. The van der Waals surface area contributed by atoms with Crippen molar-refractivity contribution < 1.29 is 18.1 Å². The second-order valence-electron chi connectivity index (χ2n) is 7.14. The monoisotopic (exact) mass is 437 g/mol. The first-order valence-corrected chi connectivity index (χ1v) is 11.0. The number of non-ortho nitro benzene ring substituents is 1. The molecule has 0 unspecified atom stereocenters. The van der Waals surface area contributed by atoms with Crippen molar-refractivity contribution in [2.24, 2.45) is 0 Å². The second kappa shape index (κ2) is 8.29. The van der Waals surface area contributed by atoms with Crippen LogP contribution in [0, 0.1) is 10.1 Å². The van der Waals surface area contributed by atoms with Crippen LogP contribution in [0.4, 0.5) is 11.4 Å². The largest absolute Gasteiger partial charge is 0.322 e. The van der Waals surface area contributed by atoms with Crippen LogP contribution in [0.3, 0.4) is 0 Å². The lowest BCUT2D eigenvalue weighted by molar-refractivity contribution is -0.384. The summed E-state index contributed by atoms with van der Waals surface area (Å²) < 4.78 is 27.3. The van der Waals surface area contributed by atoms with Crippen molar-refractivity contribution in [3.8, 4) is 0 Å². The molecular formula is C22H19N3O5S. The molecule has 0 saturated heterocycles. The van der Waals surface area contributed by atoms with Crippen molar-refractivity contribution in [3.63, 3.8) is 0 Å². The predicted octanol–water partition coefficient (Wildman–Crippen LogP) is 3.59. The van der Waals surface area contributed by atoms with Crippen LogP contribution in [-0.2, 0) is 23.0 Å². The molecule has 9 heteroatoms. The fourth-order valence-electron chi connectivity index (χ4n) is 3.49. The number of rotatable bonds is 5. The maximum atomic E-state index is 12.9. The van der Waals surface area contributed by atoms with Crippen LogP contribution in [0.2, 0.25) is 0 Å². The molecule has 1 aliphatic heterocycles. The lowest BCUT2D eigenvalue weighted by Crippen LogP contribution is -2.36. The van der Waals surface area contributed by atoms with Crippen LogP contribution in [0.5, 0.6) is 0 Å². The maximum Gasteiger partial charge on any atom is 0.269 e. The van der Waals surface area contributed by atoms with E-state index in [1.54, 1.807) is 42.5 Å². The molecular weight excluding hydrogens is 418 g/mol. The highest BCUT2D eigenvalue weighted by Crippen LogP contribution is 2.27. The van der Waals surface area contributed by atoms with Gasteiger partial charge in [-0.05, 0) is 53.9 Å². The van der Waals surface area contributed by atoms with Gasteiger partial charge < -0.3 is 5.32 Å². The topological polar surface area (TPSA) is 110 Å². The molecule has 0 radical (unpaired) electrons. The Hall–Kier alpha value is -3.56. The Labute approximate surface area is 179 Å². The Kier molecular flexibility index (Phi) is 5.53. The van der Waals surface area contributed by atoms with E-state index in [0.717, 1.165) is 11.1 Å². The number of anilines is 1. The third-order valence-electron chi connectivity index (χ3n) is 5.16. The summed E-state index contributed by atoms with van der Waals surface area (Å²) in [7, 11) is -3.60. The Bertz CT molecular complexity index is 1240. The van der Waals surface area contributed by atoms with E-state index in [0.29, 0.717) is 18.7 Å². The molecule has 158 valence electrons. The number of fused-ring (bicyclic) bond motifs is 1. The summed E-state index contributed by atoms with van der Waals surface area (Å²) in [5.41, 5.74) is 2.59. The number of nitro groups is 1. The lowest BCUT2D eigenvalue weighted by atomic mass is 10.0. The molecule has 8 nitrogen and oxygen atoms in total. The summed E-state index contributed by atoms with van der Waals surface area (Å²) in [5, 5.41) is 13.5. The molecule has 1 heterocycles.